The molecule has 6 aromatic carbocycles. The van der Waals surface area contributed by atoms with Gasteiger partial charge in [0.15, 0.2) is 23.1 Å². The molecule has 45 heavy (non-hydrogen) atoms. The molecule has 0 fully saturated rings. The largest absolute Gasteiger partial charge is 0.454 e. The summed E-state index contributed by atoms with van der Waals surface area (Å²) in [5.74, 6) is 1.74. The van der Waals surface area contributed by atoms with Gasteiger partial charge in [-0.3, -0.25) is 4.98 Å². The van der Waals surface area contributed by atoms with E-state index in [1.54, 1.807) is 6.20 Å². The van der Waals surface area contributed by atoms with E-state index in [0.717, 1.165) is 49.4 Å². The van der Waals surface area contributed by atoms with Crippen LogP contribution in [0.3, 0.4) is 0 Å². The van der Waals surface area contributed by atoms with Gasteiger partial charge in [0.05, 0.1) is 6.20 Å². The summed E-state index contributed by atoms with van der Waals surface area (Å²) in [6, 6.07) is 45.9. The summed E-state index contributed by atoms with van der Waals surface area (Å²) < 4.78 is 6.30. The highest BCUT2D eigenvalue weighted by Gasteiger charge is 2.19. The number of hydrogen-bond acceptors (Lipinski definition) is 5. The Morgan fingerprint density at radius 1 is 0.400 bits per heavy atom. The van der Waals surface area contributed by atoms with Crippen molar-refractivity contribution in [1.82, 2.24) is 19.9 Å². The number of rotatable bonds is 4. The molecule has 3 aromatic heterocycles. The van der Waals surface area contributed by atoms with Gasteiger partial charge in [-0.25, -0.2) is 15.0 Å². The molecule has 0 spiro atoms. The lowest BCUT2D eigenvalue weighted by Crippen LogP contribution is -2.00. The molecule has 5 nitrogen and oxygen atoms in total. The molecule has 0 radical (unpaired) electrons. The van der Waals surface area contributed by atoms with Crippen LogP contribution in [-0.2, 0) is 0 Å². The molecule has 0 N–H and O–H groups in total. The van der Waals surface area contributed by atoms with Gasteiger partial charge in [-0.2, -0.15) is 0 Å². The van der Waals surface area contributed by atoms with Crippen LogP contribution >= 0.6 is 0 Å². The fourth-order valence-electron chi connectivity index (χ4n) is 6.20. The summed E-state index contributed by atoms with van der Waals surface area (Å²) in [6.07, 6.45) is 3.58. The predicted molar refractivity (Wildman–Crippen MR) is 182 cm³/mol. The molecule has 0 aliphatic heterocycles. The standard InChI is InChI=1S/C40H24N4O/c1-2-10-27(11-3-1)38-42-39(28-19-17-26(18-20-28)32-16-8-14-25-9-6-7-15-31(25)32)44-40(43-38)34-23-41-24-36-37(34)33-21-29-12-4-5-13-30(29)22-35(33)45-36/h1-24H. The highest BCUT2D eigenvalue weighted by Crippen LogP contribution is 2.38. The van der Waals surface area contributed by atoms with Crippen molar-refractivity contribution < 1.29 is 4.42 Å². The van der Waals surface area contributed by atoms with Crippen molar-refractivity contribution >= 4 is 43.5 Å². The number of hydrogen-bond donors (Lipinski definition) is 0. The van der Waals surface area contributed by atoms with Crippen molar-refractivity contribution in [1.29, 1.82) is 0 Å². The average Bonchev–Trinajstić information content (AvgIpc) is 3.48. The van der Waals surface area contributed by atoms with Crippen molar-refractivity contribution in [2.45, 2.75) is 0 Å². The fraction of sp³-hybridized carbons (Fsp3) is 0. The molecule has 0 aliphatic carbocycles. The van der Waals surface area contributed by atoms with E-state index in [9.17, 15) is 0 Å². The maximum absolute atomic E-state index is 6.30. The Kier molecular flexibility index (Phi) is 5.74. The first-order valence-corrected chi connectivity index (χ1v) is 14.9. The number of pyridine rings is 1. The van der Waals surface area contributed by atoms with E-state index in [2.05, 4.69) is 102 Å². The third kappa shape index (κ3) is 4.33. The summed E-state index contributed by atoms with van der Waals surface area (Å²) in [7, 11) is 0. The van der Waals surface area contributed by atoms with E-state index >= 15 is 0 Å². The molecule has 0 saturated heterocycles. The van der Waals surface area contributed by atoms with E-state index < -0.39 is 0 Å². The Morgan fingerprint density at radius 2 is 1.02 bits per heavy atom. The van der Waals surface area contributed by atoms with Crippen molar-refractivity contribution in [3.63, 3.8) is 0 Å². The van der Waals surface area contributed by atoms with Gasteiger partial charge in [-0.05, 0) is 44.8 Å². The molecule has 0 unspecified atom stereocenters. The minimum Gasteiger partial charge on any atom is -0.454 e. The van der Waals surface area contributed by atoms with Crippen LogP contribution < -0.4 is 0 Å². The molecule has 0 atom stereocenters. The van der Waals surface area contributed by atoms with Crippen LogP contribution in [0.2, 0.25) is 0 Å². The minimum atomic E-state index is 0.547. The first-order chi connectivity index (χ1) is 22.3. The Hall–Kier alpha value is -6.20. The topological polar surface area (TPSA) is 64.7 Å². The van der Waals surface area contributed by atoms with Crippen LogP contribution in [-0.4, -0.2) is 19.9 Å². The second-order valence-electron chi connectivity index (χ2n) is 11.1. The molecule has 9 aromatic rings. The third-order valence-electron chi connectivity index (χ3n) is 8.40. The van der Waals surface area contributed by atoms with Gasteiger partial charge in [0, 0.05) is 33.7 Å². The van der Waals surface area contributed by atoms with Crippen LogP contribution in [0.15, 0.2) is 150 Å². The summed E-state index contributed by atoms with van der Waals surface area (Å²) in [6.45, 7) is 0. The van der Waals surface area contributed by atoms with Gasteiger partial charge in [0.1, 0.15) is 5.58 Å². The molecular formula is C40H24N4O. The second-order valence-corrected chi connectivity index (χ2v) is 11.1. The van der Waals surface area contributed by atoms with E-state index in [4.69, 9.17) is 19.4 Å². The van der Waals surface area contributed by atoms with Crippen LogP contribution in [0.5, 0.6) is 0 Å². The van der Waals surface area contributed by atoms with Crippen LogP contribution in [0, 0.1) is 0 Å². The third-order valence-corrected chi connectivity index (χ3v) is 8.40. The van der Waals surface area contributed by atoms with E-state index in [1.165, 1.54) is 16.3 Å². The van der Waals surface area contributed by atoms with Crippen LogP contribution in [0.4, 0.5) is 0 Å². The first-order valence-electron chi connectivity index (χ1n) is 14.9. The van der Waals surface area contributed by atoms with E-state index in [-0.39, 0.29) is 0 Å². The molecule has 0 bridgehead atoms. The first kappa shape index (κ1) is 25.3. The maximum atomic E-state index is 6.30. The molecule has 210 valence electrons. The van der Waals surface area contributed by atoms with Gasteiger partial charge < -0.3 is 4.42 Å². The van der Waals surface area contributed by atoms with Crippen molar-refractivity contribution in [3.8, 4) is 45.3 Å². The monoisotopic (exact) mass is 576 g/mol. The smallest absolute Gasteiger partial charge is 0.166 e. The van der Waals surface area contributed by atoms with Gasteiger partial charge >= 0.3 is 0 Å². The number of aromatic nitrogens is 4. The highest BCUT2D eigenvalue weighted by molar-refractivity contribution is 6.14. The van der Waals surface area contributed by atoms with Crippen LogP contribution in [0.1, 0.15) is 0 Å². The molecular weight excluding hydrogens is 552 g/mol. The van der Waals surface area contributed by atoms with Crippen molar-refractivity contribution in [3.05, 3.63) is 146 Å². The summed E-state index contributed by atoms with van der Waals surface area (Å²) in [5, 5.41) is 6.65. The summed E-state index contributed by atoms with van der Waals surface area (Å²) in [5.41, 5.74) is 6.45. The molecule has 0 saturated carbocycles. The molecule has 9 rings (SSSR count). The highest BCUT2D eigenvalue weighted by atomic mass is 16.3. The number of nitrogens with zero attached hydrogens (tertiary/aromatic N) is 4. The maximum Gasteiger partial charge on any atom is 0.166 e. The zero-order chi connectivity index (χ0) is 29.7. The predicted octanol–water partition coefficient (Wildman–Crippen LogP) is 10.1. The molecule has 5 heteroatoms. The van der Waals surface area contributed by atoms with Crippen molar-refractivity contribution in [2.24, 2.45) is 0 Å². The van der Waals surface area contributed by atoms with E-state index in [1.807, 2.05) is 42.6 Å². The lowest BCUT2D eigenvalue weighted by Gasteiger charge is -2.10. The van der Waals surface area contributed by atoms with Gasteiger partial charge in [-0.1, -0.05) is 121 Å². The Labute approximate surface area is 258 Å². The van der Waals surface area contributed by atoms with Crippen molar-refractivity contribution in [2.75, 3.05) is 0 Å². The SMILES string of the molecule is c1ccc(-c2nc(-c3ccc(-c4cccc5ccccc45)cc3)nc(-c3cncc4oc5cc6ccccc6cc5c34)n2)cc1. The average molecular weight is 577 g/mol. The fourth-order valence-corrected chi connectivity index (χ4v) is 6.20. The molecule has 0 amide bonds. The zero-order valence-corrected chi connectivity index (χ0v) is 24.1. The quantitative estimate of drug-likeness (QED) is 0.209. The Morgan fingerprint density at radius 3 is 1.82 bits per heavy atom. The zero-order valence-electron chi connectivity index (χ0n) is 24.1. The summed E-state index contributed by atoms with van der Waals surface area (Å²) >= 11 is 0. The molecule has 3 heterocycles. The Bertz CT molecular complexity index is 2530. The van der Waals surface area contributed by atoms with Gasteiger partial charge in [0.25, 0.3) is 0 Å². The molecule has 0 aliphatic rings. The lowest BCUT2D eigenvalue weighted by atomic mass is 9.97. The van der Waals surface area contributed by atoms with Gasteiger partial charge in [-0.15, -0.1) is 0 Å². The second kappa shape index (κ2) is 10.2. The number of benzene rings is 6. The van der Waals surface area contributed by atoms with E-state index in [0.29, 0.717) is 23.1 Å². The van der Waals surface area contributed by atoms with Gasteiger partial charge in [0.2, 0.25) is 0 Å². The summed E-state index contributed by atoms with van der Waals surface area (Å²) in [4.78, 5) is 19.5. The minimum absolute atomic E-state index is 0.547. The Balaban J connectivity index is 1.23. The normalized spacial score (nSPS) is 11.6. The number of fused-ring (bicyclic) bond motifs is 5. The lowest BCUT2D eigenvalue weighted by molar-refractivity contribution is 0.667. The number of furan rings is 1. The van der Waals surface area contributed by atoms with Crippen LogP contribution in [0.25, 0.3) is 88.8 Å².